The summed E-state index contributed by atoms with van der Waals surface area (Å²) in [6, 6.07) is 3.61. The van der Waals surface area contributed by atoms with Crippen LogP contribution >= 0.6 is 0 Å². The third kappa shape index (κ3) is 2.31. The molecule has 0 atom stereocenters. The molecule has 1 aliphatic rings. The topological polar surface area (TPSA) is 20.2 Å². The molecule has 1 aliphatic carbocycles. The van der Waals surface area contributed by atoms with Gasteiger partial charge < -0.3 is 5.11 Å². The van der Waals surface area contributed by atoms with Gasteiger partial charge in [-0.05, 0) is 24.5 Å². The van der Waals surface area contributed by atoms with Crippen molar-refractivity contribution in [2.45, 2.75) is 31.3 Å². The zero-order valence-corrected chi connectivity index (χ0v) is 8.01. The second kappa shape index (κ2) is 3.52. The molecule has 0 aliphatic heterocycles. The van der Waals surface area contributed by atoms with Gasteiger partial charge in [0.25, 0.3) is 6.43 Å². The predicted octanol–water partition coefficient (Wildman–Crippen LogP) is 2.83. The van der Waals surface area contributed by atoms with Crippen molar-refractivity contribution in [2.75, 3.05) is 0 Å². The fraction of sp³-hybridized carbons (Fsp3) is 0.455. The maximum absolute atomic E-state index is 13.1. The van der Waals surface area contributed by atoms with Crippen LogP contribution in [0, 0.1) is 5.82 Å². The average Bonchev–Trinajstić information content (AvgIpc) is 2.82. The molecule has 1 saturated carbocycles. The summed E-state index contributed by atoms with van der Waals surface area (Å²) in [6.07, 6.45) is -1.05. The van der Waals surface area contributed by atoms with Crippen molar-refractivity contribution < 1.29 is 18.3 Å². The monoisotopic (exact) mass is 216 g/mol. The summed E-state index contributed by atoms with van der Waals surface area (Å²) in [5.74, 6) is -0.897. The van der Waals surface area contributed by atoms with E-state index in [1.165, 1.54) is 6.07 Å². The third-order valence-corrected chi connectivity index (χ3v) is 2.66. The molecular weight excluding hydrogens is 205 g/mol. The van der Waals surface area contributed by atoms with Crippen molar-refractivity contribution >= 4 is 0 Å². The summed E-state index contributed by atoms with van der Waals surface area (Å²) in [4.78, 5) is 0. The van der Waals surface area contributed by atoms with Gasteiger partial charge in [-0.25, -0.2) is 13.2 Å². The number of rotatable bonds is 3. The van der Waals surface area contributed by atoms with Crippen LogP contribution in [0.2, 0.25) is 0 Å². The lowest BCUT2D eigenvalue weighted by Crippen LogP contribution is -2.11. The van der Waals surface area contributed by atoms with Crippen LogP contribution in [0.25, 0.3) is 0 Å². The molecule has 0 unspecified atom stereocenters. The second-order valence-corrected chi connectivity index (χ2v) is 4.06. The quantitative estimate of drug-likeness (QED) is 0.823. The molecule has 4 heteroatoms. The second-order valence-electron chi connectivity index (χ2n) is 4.06. The van der Waals surface area contributed by atoms with E-state index in [0.717, 1.165) is 12.1 Å². The summed E-state index contributed by atoms with van der Waals surface area (Å²) in [6.45, 7) is 0. The van der Waals surface area contributed by atoms with E-state index in [9.17, 15) is 18.3 Å². The Bertz CT molecular complexity index is 372. The number of benzene rings is 1. The van der Waals surface area contributed by atoms with Crippen LogP contribution in [0.4, 0.5) is 13.2 Å². The highest BCUT2D eigenvalue weighted by Crippen LogP contribution is 2.38. The maximum atomic E-state index is 13.1. The molecule has 1 aromatic rings. The maximum Gasteiger partial charge on any atom is 0.266 e. The molecule has 1 N–H and O–H groups in total. The highest BCUT2D eigenvalue weighted by molar-refractivity contribution is 5.27. The van der Waals surface area contributed by atoms with E-state index in [2.05, 4.69) is 0 Å². The molecule has 15 heavy (non-hydrogen) atoms. The number of hydrogen-bond acceptors (Lipinski definition) is 1. The van der Waals surface area contributed by atoms with E-state index in [-0.39, 0.29) is 0 Å². The van der Waals surface area contributed by atoms with Crippen LogP contribution in [0.1, 0.15) is 30.4 Å². The van der Waals surface area contributed by atoms with Crippen molar-refractivity contribution in [2.24, 2.45) is 0 Å². The van der Waals surface area contributed by atoms with Crippen LogP contribution in [0.5, 0.6) is 0 Å². The lowest BCUT2D eigenvalue weighted by molar-refractivity contribution is 0.145. The molecule has 2 rings (SSSR count). The minimum absolute atomic E-state index is 0.341. The van der Waals surface area contributed by atoms with Crippen molar-refractivity contribution in [3.8, 4) is 0 Å². The molecule has 0 radical (unpaired) electrons. The summed E-state index contributed by atoms with van der Waals surface area (Å²) >= 11 is 0. The van der Waals surface area contributed by atoms with E-state index in [1.807, 2.05) is 0 Å². The van der Waals surface area contributed by atoms with Crippen LogP contribution in [-0.2, 0) is 6.42 Å². The molecule has 1 nitrogen and oxygen atoms in total. The van der Waals surface area contributed by atoms with E-state index in [0.29, 0.717) is 24.8 Å². The van der Waals surface area contributed by atoms with Crippen LogP contribution in [0.15, 0.2) is 18.2 Å². The van der Waals surface area contributed by atoms with Gasteiger partial charge >= 0.3 is 0 Å². The van der Waals surface area contributed by atoms with Gasteiger partial charge in [-0.15, -0.1) is 0 Å². The largest absolute Gasteiger partial charge is 0.390 e. The zero-order chi connectivity index (χ0) is 11.1. The van der Waals surface area contributed by atoms with E-state index in [1.54, 1.807) is 0 Å². The molecule has 82 valence electrons. The summed E-state index contributed by atoms with van der Waals surface area (Å²) in [5.41, 5.74) is -0.739. The predicted molar refractivity (Wildman–Crippen MR) is 49.2 cm³/mol. The summed E-state index contributed by atoms with van der Waals surface area (Å²) < 4.78 is 37.6. The first-order chi connectivity index (χ1) is 7.00. The van der Waals surface area contributed by atoms with Gasteiger partial charge in [-0.1, -0.05) is 12.1 Å². The molecule has 0 saturated heterocycles. The fourth-order valence-corrected chi connectivity index (χ4v) is 1.56. The Balaban J connectivity index is 2.17. The van der Waals surface area contributed by atoms with Crippen LogP contribution in [0.3, 0.4) is 0 Å². The molecule has 0 amide bonds. The zero-order valence-electron chi connectivity index (χ0n) is 8.01. The Morgan fingerprint density at radius 1 is 1.33 bits per heavy atom. The minimum atomic E-state index is -2.79. The standard InChI is InChI=1S/C11H11F3O/c12-9-5-7(6-11(15)3-4-11)1-2-8(9)10(13)14/h1-2,5,10,15H,3-4,6H2. The van der Waals surface area contributed by atoms with Crippen molar-refractivity contribution in [1.82, 2.24) is 0 Å². The van der Waals surface area contributed by atoms with Gasteiger partial charge in [0.05, 0.1) is 11.2 Å². The normalized spacial score (nSPS) is 18.2. The molecular formula is C11H11F3O. The van der Waals surface area contributed by atoms with Gasteiger partial charge in [-0.3, -0.25) is 0 Å². The number of hydrogen-bond donors (Lipinski definition) is 1. The van der Waals surface area contributed by atoms with Gasteiger partial charge in [0.1, 0.15) is 5.82 Å². The summed E-state index contributed by atoms with van der Waals surface area (Å²) in [7, 11) is 0. The Morgan fingerprint density at radius 2 is 2.00 bits per heavy atom. The number of halogens is 3. The minimum Gasteiger partial charge on any atom is -0.390 e. The molecule has 0 bridgehead atoms. The average molecular weight is 216 g/mol. The third-order valence-electron chi connectivity index (χ3n) is 2.66. The number of alkyl halides is 2. The van der Waals surface area contributed by atoms with Crippen molar-refractivity contribution in [3.05, 3.63) is 35.1 Å². The number of aliphatic hydroxyl groups is 1. The molecule has 1 fully saturated rings. The summed E-state index contributed by atoms with van der Waals surface area (Å²) in [5, 5.41) is 9.58. The Morgan fingerprint density at radius 3 is 2.47 bits per heavy atom. The lowest BCUT2D eigenvalue weighted by Gasteiger charge is -2.09. The fourth-order valence-electron chi connectivity index (χ4n) is 1.56. The first-order valence-electron chi connectivity index (χ1n) is 4.79. The smallest absolute Gasteiger partial charge is 0.266 e. The van der Waals surface area contributed by atoms with Gasteiger partial charge in [0, 0.05) is 6.42 Å². The van der Waals surface area contributed by atoms with E-state index >= 15 is 0 Å². The SMILES string of the molecule is OC1(Cc2ccc(C(F)F)c(F)c2)CC1. The van der Waals surface area contributed by atoms with E-state index < -0.39 is 23.4 Å². The van der Waals surface area contributed by atoms with Crippen LogP contribution in [-0.4, -0.2) is 10.7 Å². The molecule has 0 aromatic heterocycles. The van der Waals surface area contributed by atoms with Gasteiger partial charge in [0.15, 0.2) is 0 Å². The molecule has 0 heterocycles. The van der Waals surface area contributed by atoms with Crippen LogP contribution < -0.4 is 0 Å². The lowest BCUT2D eigenvalue weighted by atomic mass is 10.0. The first kappa shape index (κ1) is 10.5. The Kier molecular flexibility index (Phi) is 2.46. The Labute approximate surface area is 85.5 Å². The molecule has 0 spiro atoms. The van der Waals surface area contributed by atoms with Gasteiger partial charge in [-0.2, -0.15) is 0 Å². The van der Waals surface area contributed by atoms with Crippen molar-refractivity contribution in [3.63, 3.8) is 0 Å². The highest BCUT2D eigenvalue weighted by atomic mass is 19.3. The highest BCUT2D eigenvalue weighted by Gasteiger charge is 2.40. The van der Waals surface area contributed by atoms with Gasteiger partial charge in [0.2, 0.25) is 0 Å². The first-order valence-corrected chi connectivity index (χ1v) is 4.79. The molecule has 1 aromatic carbocycles. The van der Waals surface area contributed by atoms with Crippen molar-refractivity contribution in [1.29, 1.82) is 0 Å². The van der Waals surface area contributed by atoms with E-state index in [4.69, 9.17) is 0 Å². The Hall–Kier alpha value is -1.03.